The number of aliphatic carboxylic acids is 2. The van der Waals surface area contributed by atoms with Gasteiger partial charge in [-0.15, -0.1) is 0 Å². The lowest BCUT2D eigenvalue weighted by atomic mass is 9.98. The third-order valence-electron chi connectivity index (χ3n) is 5.73. The SMILES string of the molecule is CCC(C)C(NC(=O)C(Cc1cnc[nH]1)NC(=O)C(Cc1cnc[nH]1)NC(=O)C(N)CC(=O)O)C(=O)O. The number of imidazole rings is 2. The number of aromatic nitrogens is 4. The van der Waals surface area contributed by atoms with Crippen LogP contribution in [-0.4, -0.2) is 84.0 Å². The number of hydrogen-bond donors (Lipinski definition) is 8. The lowest BCUT2D eigenvalue weighted by Crippen LogP contribution is -2.58. The van der Waals surface area contributed by atoms with Gasteiger partial charge in [-0.05, 0) is 5.92 Å². The first-order valence-corrected chi connectivity index (χ1v) is 11.6. The summed E-state index contributed by atoms with van der Waals surface area (Å²) in [6.07, 6.45) is 5.36. The molecule has 5 atom stereocenters. The highest BCUT2D eigenvalue weighted by Gasteiger charge is 2.32. The molecule has 202 valence electrons. The summed E-state index contributed by atoms with van der Waals surface area (Å²) >= 11 is 0. The van der Waals surface area contributed by atoms with E-state index in [0.717, 1.165) is 0 Å². The first-order chi connectivity index (χ1) is 17.5. The van der Waals surface area contributed by atoms with Gasteiger partial charge in [0.1, 0.15) is 18.1 Å². The number of nitrogens with zero attached hydrogens (tertiary/aromatic N) is 2. The molecule has 0 bridgehead atoms. The first-order valence-electron chi connectivity index (χ1n) is 11.6. The van der Waals surface area contributed by atoms with Crippen molar-refractivity contribution in [2.75, 3.05) is 0 Å². The fraction of sp³-hybridized carbons (Fsp3) is 0.500. The third-order valence-corrected chi connectivity index (χ3v) is 5.73. The molecule has 0 radical (unpaired) electrons. The molecule has 0 aliphatic heterocycles. The van der Waals surface area contributed by atoms with Crippen LogP contribution in [0, 0.1) is 5.92 Å². The lowest BCUT2D eigenvalue weighted by Gasteiger charge is -2.26. The number of carboxylic acids is 2. The van der Waals surface area contributed by atoms with Crippen LogP contribution in [0.3, 0.4) is 0 Å². The number of nitrogens with two attached hydrogens (primary N) is 1. The maximum absolute atomic E-state index is 13.3. The Morgan fingerprint density at radius 1 is 0.892 bits per heavy atom. The molecule has 0 aliphatic rings. The Bertz CT molecular complexity index is 1060. The molecule has 2 aromatic rings. The number of rotatable bonds is 15. The minimum absolute atomic E-state index is 0.0479. The molecular weight excluding hydrogens is 488 g/mol. The van der Waals surface area contributed by atoms with E-state index in [9.17, 15) is 29.1 Å². The van der Waals surface area contributed by atoms with E-state index in [1.807, 2.05) is 0 Å². The first kappa shape index (κ1) is 29.0. The van der Waals surface area contributed by atoms with Gasteiger partial charge < -0.3 is 41.9 Å². The van der Waals surface area contributed by atoms with Crippen LogP contribution in [0.25, 0.3) is 0 Å². The summed E-state index contributed by atoms with van der Waals surface area (Å²) in [6, 6.07) is -5.08. The zero-order chi connectivity index (χ0) is 27.5. The van der Waals surface area contributed by atoms with Crippen molar-refractivity contribution < 1.29 is 34.2 Å². The molecule has 2 aromatic heterocycles. The molecule has 15 nitrogen and oxygen atoms in total. The summed E-state index contributed by atoms with van der Waals surface area (Å²) in [6.45, 7) is 3.46. The van der Waals surface area contributed by atoms with Crippen molar-refractivity contribution in [3.05, 3.63) is 36.4 Å². The molecule has 37 heavy (non-hydrogen) atoms. The zero-order valence-electron chi connectivity index (χ0n) is 20.4. The maximum Gasteiger partial charge on any atom is 0.326 e. The molecule has 0 aromatic carbocycles. The Balaban J connectivity index is 2.25. The van der Waals surface area contributed by atoms with Crippen molar-refractivity contribution in [3.63, 3.8) is 0 Å². The van der Waals surface area contributed by atoms with Gasteiger partial charge in [0.05, 0.1) is 25.1 Å². The number of carboxylic acid groups (broad SMARTS) is 2. The highest BCUT2D eigenvalue weighted by Crippen LogP contribution is 2.10. The second-order valence-electron chi connectivity index (χ2n) is 8.60. The monoisotopic (exact) mass is 520 g/mol. The second-order valence-corrected chi connectivity index (χ2v) is 8.60. The van der Waals surface area contributed by atoms with Gasteiger partial charge >= 0.3 is 11.9 Å². The average Bonchev–Trinajstić information content (AvgIpc) is 3.54. The lowest BCUT2D eigenvalue weighted by molar-refractivity contribution is -0.143. The highest BCUT2D eigenvalue weighted by molar-refractivity contribution is 5.95. The molecular formula is C22H32N8O7. The minimum atomic E-state index is -1.41. The molecule has 0 aliphatic carbocycles. The van der Waals surface area contributed by atoms with E-state index < -0.39 is 60.2 Å². The predicted molar refractivity (Wildman–Crippen MR) is 128 cm³/mol. The Labute approximate surface area is 212 Å². The van der Waals surface area contributed by atoms with Gasteiger partial charge in [-0.1, -0.05) is 20.3 Å². The fourth-order valence-corrected chi connectivity index (χ4v) is 3.42. The quantitative estimate of drug-likeness (QED) is 0.132. The molecule has 0 fully saturated rings. The van der Waals surface area contributed by atoms with E-state index in [-0.39, 0.29) is 18.8 Å². The van der Waals surface area contributed by atoms with Crippen LogP contribution in [0.1, 0.15) is 38.1 Å². The van der Waals surface area contributed by atoms with Gasteiger partial charge in [-0.25, -0.2) is 14.8 Å². The molecule has 0 saturated carbocycles. The van der Waals surface area contributed by atoms with Gasteiger partial charge in [0.25, 0.3) is 0 Å². The van der Waals surface area contributed by atoms with E-state index in [1.165, 1.54) is 25.0 Å². The van der Waals surface area contributed by atoms with Crippen molar-refractivity contribution in [3.8, 4) is 0 Å². The number of H-pyrrole nitrogens is 2. The van der Waals surface area contributed by atoms with Gasteiger partial charge in [0.15, 0.2) is 0 Å². The van der Waals surface area contributed by atoms with Crippen molar-refractivity contribution in [2.24, 2.45) is 11.7 Å². The summed E-state index contributed by atoms with van der Waals surface area (Å²) in [5.74, 6) is -5.29. The smallest absolute Gasteiger partial charge is 0.326 e. The van der Waals surface area contributed by atoms with Crippen molar-refractivity contribution in [1.82, 2.24) is 35.9 Å². The molecule has 3 amide bonds. The Kier molecular flexibility index (Phi) is 10.7. The molecule has 2 rings (SSSR count). The Hall–Kier alpha value is -4.27. The van der Waals surface area contributed by atoms with E-state index in [2.05, 4.69) is 35.9 Å². The summed E-state index contributed by atoms with van der Waals surface area (Å²) in [7, 11) is 0. The summed E-state index contributed by atoms with van der Waals surface area (Å²) < 4.78 is 0. The number of nitrogens with one attached hydrogen (secondary N) is 5. The second kappa shape index (κ2) is 13.7. The van der Waals surface area contributed by atoms with Gasteiger partial charge in [0.2, 0.25) is 17.7 Å². The van der Waals surface area contributed by atoms with E-state index in [1.54, 1.807) is 13.8 Å². The van der Waals surface area contributed by atoms with Crippen LogP contribution in [0.2, 0.25) is 0 Å². The van der Waals surface area contributed by atoms with E-state index in [0.29, 0.717) is 17.8 Å². The van der Waals surface area contributed by atoms with Crippen LogP contribution in [0.15, 0.2) is 25.0 Å². The van der Waals surface area contributed by atoms with Crippen molar-refractivity contribution >= 4 is 29.7 Å². The Morgan fingerprint density at radius 2 is 1.38 bits per heavy atom. The van der Waals surface area contributed by atoms with Crippen LogP contribution >= 0.6 is 0 Å². The molecule has 5 unspecified atom stereocenters. The van der Waals surface area contributed by atoms with Crippen LogP contribution in [0.5, 0.6) is 0 Å². The number of carbonyl (C=O) groups excluding carboxylic acids is 3. The normalized spacial score (nSPS) is 15.0. The molecule has 2 heterocycles. The topological polar surface area (TPSA) is 245 Å². The van der Waals surface area contributed by atoms with Gasteiger partial charge in [-0.2, -0.15) is 0 Å². The largest absolute Gasteiger partial charge is 0.481 e. The predicted octanol–water partition coefficient (Wildman–Crippen LogP) is -1.69. The number of amides is 3. The number of aromatic amines is 2. The summed E-state index contributed by atoms with van der Waals surface area (Å²) in [4.78, 5) is 74.9. The van der Waals surface area contributed by atoms with Crippen LogP contribution in [0.4, 0.5) is 0 Å². The Morgan fingerprint density at radius 3 is 1.78 bits per heavy atom. The van der Waals surface area contributed by atoms with Crippen LogP contribution < -0.4 is 21.7 Å². The summed E-state index contributed by atoms with van der Waals surface area (Å²) in [5.41, 5.74) is 6.60. The van der Waals surface area contributed by atoms with Gasteiger partial charge in [-0.3, -0.25) is 19.2 Å². The number of hydrogen-bond acceptors (Lipinski definition) is 8. The third kappa shape index (κ3) is 9.03. The van der Waals surface area contributed by atoms with Gasteiger partial charge in [0, 0.05) is 36.6 Å². The maximum atomic E-state index is 13.3. The minimum Gasteiger partial charge on any atom is -0.481 e. The summed E-state index contributed by atoms with van der Waals surface area (Å²) in [5, 5.41) is 25.9. The molecule has 0 saturated heterocycles. The van der Waals surface area contributed by atoms with Crippen LogP contribution in [-0.2, 0) is 36.8 Å². The number of carbonyl (C=O) groups is 5. The van der Waals surface area contributed by atoms with Crippen molar-refractivity contribution in [1.29, 1.82) is 0 Å². The average molecular weight is 521 g/mol. The van der Waals surface area contributed by atoms with E-state index >= 15 is 0 Å². The molecule has 9 N–H and O–H groups in total. The molecule has 15 heteroatoms. The van der Waals surface area contributed by atoms with Crippen molar-refractivity contribution in [2.45, 2.75) is 63.7 Å². The highest BCUT2D eigenvalue weighted by atomic mass is 16.4. The standard InChI is InChI=1S/C22H32N8O7/c1-3-11(2)18(22(36)37)30-21(35)16(5-13-8-25-10-27-13)29-20(34)15(4-12-7-24-9-26-12)28-19(33)14(23)6-17(31)32/h7-11,14-16,18H,3-6,23H2,1-2H3,(H,24,26)(H,25,27)(H,28,33)(H,29,34)(H,30,35)(H,31,32)(H,36,37). The van der Waals surface area contributed by atoms with E-state index in [4.69, 9.17) is 10.8 Å². The zero-order valence-corrected chi connectivity index (χ0v) is 20.4. The fourth-order valence-electron chi connectivity index (χ4n) is 3.42. The molecule has 0 spiro atoms.